The maximum atomic E-state index is 12.4. The Morgan fingerprint density at radius 2 is 1.79 bits per heavy atom. The molecule has 0 bridgehead atoms. The Labute approximate surface area is 164 Å². The molecule has 148 valence electrons. The van der Waals surface area contributed by atoms with Gasteiger partial charge in [0.25, 0.3) is 5.69 Å². The van der Waals surface area contributed by atoms with E-state index in [-0.39, 0.29) is 24.1 Å². The molecule has 2 aromatic carbocycles. The highest BCUT2D eigenvalue weighted by atomic mass is 16.6. The molecule has 1 heterocycles. The van der Waals surface area contributed by atoms with Gasteiger partial charge in [-0.1, -0.05) is 42.0 Å². The van der Waals surface area contributed by atoms with E-state index in [1.54, 1.807) is 12.1 Å². The highest BCUT2D eigenvalue weighted by Crippen LogP contribution is 2.22. The molecule has 1 N–H and O–H groups in total. The molecule has 7 heteroatoms. The predicted octanol–water partition coefficient (Wildman–Crippen LogP) is 2.64. The summed E-state index contributed by atoms with van der Waals surface area (Å²) in [6.07, 6.45) is 0.196. The van der Waals surface area contributed by atoms with Crippen molar-refractivity contribution in [3.05, 3.63) is 75.3 Å². The van der Waals surface area contributed by atoms with Crippen molar-refractivity contribution in [2.24, 2.45) is 0 Å². The lowest BCUT2D eigenvalue weighted by Gasteiger charge is -2.35. The van der Waals surface area contributed by atoms with Gasteiger partial charge < -0.3 is 10.1 Å². The topological polar surface area (TPSA) is 84.7 Å². The van der Waals surface area contributed by atoms with Crippen molar-refractivity contribution >= 4 is 11.6 Å². The number of carbonyl (C=O) groups excluding carboxylic acids is 1. The molecule has 0 aliphatic carbocycles. The second kappa shape index (κ2) is 9.43. The second-order valence-electron chi connectivity index (χ2n) is 6.98. The number of carbonyl (C=O) groups is 1. The number of ether oxygens (including phenoxy) is 1. The Kier molecular flexibility index (Phi) is 6.73. The van der Waals surface area contributed by atoms with Gasteiger partial charge in [0, 0.05) is 31.8 Å². The van der Waals surface area contributed by atoms with Crippen LogP contribution in [0.4, 0.5) is 5.69 Å². The number of morpholine rings is 1. The fraction of sp³-hybridized carbons (Fsp3) is 0.381. The molecule has 1 unspecified atom stereocenters. The second-order valence-corrected chi connectivity index (χ2v) is 6.98. The molecule has 0 radical (unpaired) electrons. The zero-order chi connectivity index (χ0) is 19.9. The first-order chi connectivity index (χ1) is 13.5. The van der Waals surface area contributed by atoms with Crippen LogP contribution in [0.3, 0.4) is 0 Å². The molecule has 1 aliphatic rings. The quantitative estimate of drug-likeness (QED) is 0.587. The van der Waals surface area contributed by atoms with E-state index in [2.05, 4.69) is 41.4 Å². The number of hydrogen-bond donors (Lipinski definition) is 1. The van der Waals surface area contributed by atoms with Crippen molar-refractivity contribution in [2.75, 3.05) is 32.8 Å². The van der Waals surface area contributed by atoms with Gasteiger partial charge in [-0.15, -0.1) is 0 Å². The van der Waals surface area contributed by atoms with E-state index in [9.17, 15) is 14.9 Å². The lowest BCUT2D eigenvalue weighted by atomic mass is 10.0. The smallest absolute Gasteiger partial charge is 0.269 e. The van der Waals surface area contributed by atoms with E-state index in [4.69, 9.17) is 4.74 Å². The monoisotopic (exact) mass is 383 g/mol. The molecule has 2 aromatic rings. The van der Waals surface area contributed by atoms with Gasteiger partial charge in [0.2, 0.25) is 5.91 Å². The van der Waals surface area contributed by atoms with Crippen LogP contribution >= 0.6 is 0 Å². The largest absolute Gasteiger partial charge is 0.379 e. The van der Waals surface area contributed by atoms with Crippen LogP contribution in [0.15, 0.2) is 48.5 Å². The van der Waals surface area contributed by atoms with Crippen LogP contribution in [0.2, 0.25) is 0 Å². The average Bonchev–Trinajstić information content (AvgIpc) is 2.70. The van der Waals surface area contributed by atoms with Gasteiger partial charge in [-0.2, -0.15) is 0 Å². The number of nitrogens with one attached hydrogen (secondary N) is 1. The minimum atomic E-state index is -0.446. The summed E-state index contributed by atoms with van der Waals surface area (Å²) in [4.78, 5) is 25.0. The minimum Gasteiger partial charge on any atom is -0.379 e. The number of hydrogen-bond acceptors (Lipinski definition) is 5. The molecule has 1 aliphatic heterocycles. The van der Waals surface area contributed by atoms with Gasteiger partial charge in [0.1, 0.15) is 0 Å². The van der Waals surface area contributed by atoms with E-state index in [1.165, 1.54) is 23.3 Å². The molecule has 1 amide bonds. The average molecular weight is 383 g/mol. The molecule has 1 atom stereocenters. The summed E-state index contributed by atoms with van der Waals surface area (Å²) in [7, 11) is 0. The SMILES string of the molecule is Cc1ccc(C(CNC(=O)Cc2ccc([N+](=O)[O-])cc2)N2CCOCC2)cc1. The first kappa shape index (κ1) is 20.0. The van der Waals surface area contributed by atoms with Crippen LogP contribution in [0.1, 0.15) is 22.7 Å². The van der Waals surface area contributed by atoms with Gasteiger partial charge >= 0.3 is 0 Å². The summed E-state index contributed by atoms with van der Waals surface area (Å²) in [5.41, 5.74) is 3.15. The van der Waals surface area contributed by atoms with Crippen molar-refractivity contribution in [3.8, 4) is 0 Å². The highest BCUT2D eigenvalue weighted by molar-refractivity contribution is 5.78. The maximum absolute atomic E-state index is 12.4. The number of benzene rings is 2. The van der Waals surface area contributed by atoms with Gasteiger partial charge in [-0.05, 0) is 18.1 Å². The normalized spacial score (nSPS) is 15.8. The zero-order valence-corrected chi connectivity index (χ0v) is 16.0. The van der Waals surface area contributed by atoms with Gasteiger partial charge in [-0.25, -0.2) is 0 Å². The molecule has 1 fully saturated rings. The Balaban J connectivity index is 1.62. The Morgan fingerprint density at radius 1 is 1.14 bits per heavy atom. The van der Waals surface area contributed by atoms with Crippen molar-refractivity contribution in [2.45, 2.75) is 19.4 Å². The van der Waals surface area contributed by atoms with Crippen molar-refractivity contribution in [1.82, 2.24) is 10.2 Å². The lowest BCUT2D eigenvalue weighted by molar-refractivity contribution is -0.384. The van der Waals surface area contributed by atoms with Crippen molar-refractivity contribution in [1.29, 1.82) is 0 Å². The van der Waals surface area contributed by atoms with Crippen LogP contribution in [-0.2, 0) is 16.0 Å². The van der Waals surface area contributed by atoms with Crippen LogP contribution < -0.4 is 5.32 Å². The lowest BCUT2D eigenvalue weighted by Crippen LogP contribution is -2.44. The summed E-state index contributed by atoms with van der Waals surface area (Å²) in [5, 5.41) is 13.8. The number of aryl methyl sites for hydroxylation is 1. The maximum Gasteiger partial charge on any atom is 0.269 e. The third kappa shape index (κ3) is 5.37. The van der Waals surface area contributed by atoms with Gasteiger partial charge in [0.15, 0.2) is 0 Å². The van der Waals surface area contributed by atoms with E-state index in [0.717, 1.165) is 18.7 Å². The van der Waals surface area contributed by atoms with Crippen molar-refractivity contribution in [3.63, 3.8) is 0 Å². The molecule has 0 saturated carbocycles. The van der Waals surface area contributed by atoms with Crippen LogP contribution in [0, 0.1) is 17.0 Å². The molecular weight excluding hydrogens is 358 g/mol. The number of nitro groups is 1. The highest BCUT2D eigenvalue weighted by Gasteiger charge is 2.23. The minimum absolute atomic E-state index is 0.0240. The number of amides is 1. The van der Waals surface area contributed by atoms with E-state index >= 15 is 0 Å². The number of nitrogens with zero attached hydrogens (tertiary/aromatic N) is 2. The van der Waals surface area contributed by atoms with Crippen LogP contribution in [-0.4, -0.2) is 48.6 Å². The summed E-state index contributed by atoms with van der Waals surface area (Å²) in [6.45, 7) is 5.61. The number of nitro benzene ring substituents is 1. The van der Waals surface area contributed by atoms with E-state index < -0.39 is 4.92 Å². The summed E-state index contributed by atoms with van der Waals surface area (Å²) >= 11 is 0. The van der Waals surface area contributed by atoms with Gasteiger partial charge in [0.05, 0.1) is 30.6 Å². The molecule has 1 saturated heterocycles. The molecule has 0 aromatic heterocycles. The van der Waals surface area contributed by atoms with Gasteiger partial charge in [-0.3, -0.25) is 19.8 Å². The first-order valence-corrected chi connectivity index (χ1v) is 9.41. The molecule has 0 spiro atoms. The third-order valence-corrected chi connectivity index (χ3v) is 4.95. The Bertz CT molecular complexity index is 799. The fourth-order valence-corrected chi connectivity index (χ4v) is 3.33. The Morgan fingerprint density at radius 3 is 2.39 bits per heavy atom. The standard InChI is InChI=1S/C21H25N3O4/c1-16-2-6-18(7-3-16)20(23-10-12-28-13-11-23)15-22-21(25)14-17-4-8-19(9-5-17)24(26)27/h2-9,20H,10-15H2,1H3,(H,22,25). The first-order valence-electron chi connectivity index (χ1n) is 9.41. The summed E-state index contributed by atoms with van der Waals surface area (Å²) < 4.78 is 5.46. The molecule has 7 nitrogen and oxygen atoms in total. The number of rotatable bonds is 7. The van der Waals surface area contributed by atoms with Crippen LogP contribution in [0.25, 0.3) is 0 Å². The van der Waals surface area contributed by atoms with E-state index in [0.29, 0.717) is 19.8 Å². The zero-order valence-electron chi connectivity index (χ0n) is 16.0. The van der Waals surface area contributed by atoms with Crippen LogP contribution in [0.5, 0.6) is 0 Å². The fourth-order valence-electron chi connectivity index (χ4n) is 3.33. The summed E-state index contributed by atoms with van der Waals surface area (Å²) in [6, 6.07) is 14.6. The summed E-state index contributed by atoms with van der Waals surface area (Å²) in [5.74, 6) is -0.0979. The van der Waals surface area contributed by atoms with E-state index in [1.807, 2.05) is 0 Å². The molecule has 3 rings (SSSR count). The molecule has 28 heavy (non-hydrogen) atoms. The molecular formula is C21H25N3O4. The van der Waals surface area contributed by atoms with Crippen molar-refractivity contribution < 1.29 is 14.5 Å². The number of non-ortho nitro benzene ring substituents is 1. The third-order valence-electron chi connectivity index (χ3n) is 4.95. The Hall–Kier alpha value is -2.77. The predicted molar refractivity (Wildman–Crippen MR) is 106 cm³/mol.